The molecule has 0 aromatic heterocycles. The van der Waals surface area contributed by atoms with Crippen LogP contribution in [0.4, 0.5) is 4.39 Å². The van der Waals surface area contributed by atoms with Crippen molar-refractivity contribution in [1.82, 2.24) is 4.72 Å². The molecule has 2 N–H and O–H groups in total. The van der Waals surface area contributed by atoms with Gasteiger partial charge in [-0.2, -0.15) is 0 Å². The van der Waals surface area contributed by atoms with Crippen LogP contribution in [0.3, 0.4) is 0 Å². The van der Waals surface area contributed by atoms with E-state index < -0.39 is 22.0 Å². The second-order valence-corrected chi connectivity index (χ2v) is 9.51. The summed E-state index contributed by atoms with van der Waals surface area (Å²) in [5.41, 5.74) is 0.706. The summed E-state index contributed by atoms with van der Waals surface area (Å²) in [6, 6.07) is 11.7. The van der Waals surface area contributed by atoms with Crippen molar-refractivity contribution in [2.75, 3.05) is 0 Å². The lowest BCUT2D eigenvalue weighted by atomic mass is 10.0. The van der Waals surface area contributed by atoms with Crippen molar-refractivity contribution < 1.29 is 22.7 Å². The molecule has 1 atom stereocenters. The molecule has 0 radical (unpaired) electrons. The zero-order chi connectivity index (χ0) is 21.3. The number of nitrogens with one attached hydrogen (secondary N) is 1. The Bertz CT molecular complexity index is 886. The smallest absolute Gasteiger partial charge is 0.303 e. The fourth-order valence-electron chi connectivity index (χ4n) is 3.01. The predicted octanol–water partition coefficient (Wildman–Crippen LogP) is 5.42. The topological polar surface area (TPSA) is 83.5 Å². The first kappa shape index (κ1) is 23.5. The van der Waals surface area contributed by atoms with Crippen molar-refractivity contribution in [2.24, 2.45) is 0 Å². The lowest BCUT2D eigenvalue weighted by Gasteiger charge is -2.19. The summed E-state index contributed by atoms with van der Waals surface area (Å²) in [5, 5.41) is 8.66. The van der Waals surface area contributed by atoms with Crippen LogP contribution < -0.4 is 4.72 Å². The van der Waals surface area contributed by atoms with Crippen molar-refractivity contribution in [3.8, 4) is 0 Å². The van der Waals surface area contributed by atoms with E-state index in [1.807, 2.05) is 0 Å². The number of halogens is 2. The normalized spacial score (nSPS) is 12.6. The minimum absolute atomic E-state index is 0.168. The van der Waals surface area contributed by atoms with Crippen LogP contribution in [0.2, 0.25) is 0 Å². The van der Waals surface area contributed by atoms with Gasteiger partial charge in [0.2, 0.25) is 10.0 Å². The number of sulfonamides is 1. The first-order valence-corrected chi connectivity index (χ1v) is 11.8. The molecule has 8 heteroatoms. The Morgan fingerprint density at radius 3 is 2.17 bits per heavy atom. The van der Waals surface area contributed by atoms with Crippen LogP contribution in [-0.4, -0.2) is 19.5 Å². The fraction of sp³-hybridized carbons (Fsp3) is 0.381. The van der Waals surface area contributed by atoms with Crippen molar-refractivity contribution in [2.45, 2.75) is 55.9 Å². The Morgan fingerprint density at radius 1 is 0.966 bits per heavy atom. The van der Waals surface area contributed by atoms with Gasteiger partial charge in [-0.15, -0.1) is 0 Å². The molecule has 0 heterocycles. The van der Waals surface area contributed by atoms with Crippen LogP contribution >= 0.6 is 15.9 Å². The third-order valence-corrected chi connectivity index (χ3v) is 6.59. The number of hydrogen-bond donors (Lipinski definition) is 2. The Balaban J connectivity index is 2.01. The van der Waals surface area contributed by atoms with Gasteiger partial charge >= 0.3 is 5.97 Å². The molecular weight excluding hydrogens is 461 g/mol. The third kappa shape index (κ3) is 8.24. The summed E-state index contributed by atoms with van der Waals surface area (Å²) in [6.07, 6.45) is 4.76. The number of benzene rings is 2. The summed E-state index contributed by atoms with van der Waals surface area (Å²) in [5.74, 6) is -1.16. The number of unbranched alkanes of at least 4 members (excludes halogenated alkanes) is 4. The third-order valence-electron chi connectivity index (χ3n) is 4.58. The van der Waals surface area contributed by atoms with Crippen molar-refractivity contribution >= 4 is 31.9 Å². The van der Waals surface area contributed by atoms with Crippen LogP contribution in [0.15, 0.2) is 57.9 Å². The fourth-order valence-corrected chi connectivity index (χ4v) is 4.54. The number of carbonyl (C=O) groups is 1. The number of carboxylic acids is 1. The minimum Gasteiger partial charge on any atom is -0.481 e. The van der Waals surface area contributed by atoms with Crippen molar-refractivity contribution in [1.29, 1.82) is 0 Å². The Morgan fingerprint density at radius 2 is 1.55 bits per heavy atom. The summed E-state index contributed by atoms with van der Waals surface area (Å²) in [4.78, 5) is 10.7. The van der Waals surface area contributed by atoms with Gasteiger partial charge in [0, 0.05) is 16.9 Å². The Labute approximate surface area is 179 Å². The Kier molecular flexibility index (Phi) is 9.26. The highest BCUT2D eigenvalue weighted by molar-refractivity contribution is 9.10. The van der Waals surface area contributed by atoms with E-state index in [0.29, 0.717) is 18.4 Å². The van der Waals surface area contributed by atoms with Crippen LogP contribution in [0, 0.1) is 5.82 Å². The largest absolute Gasteiger partial charge is 0.481 e. The molecule has 0 aliphatic heterocycles. The minimum atomic E-state index is -3.73. The molecular formula is C21H25BrFNO4S. The molecule has 0 saturated carbocycles. The molecule has 2 aromatic carbocycles. The average Bonchev–Trinajstić information content (AvgIpc) is 2.67. The molecule has 1 unspecified atom stereocenters. The molecule has 2 rings (SSSR count). The number of hydrogen-bond acceptors (Lipinski definition) is 3. The van der Waals surface area contributed by atoms with Gasteiger partial charge in [-0.25, -0.2) is 17.5 Å². The highest BCUT2D eigenvalue weighted by Crippen LogP contribution is 2.24. The molecule has 0 bridgehead atoms. The van der Waals surface area contributed by atoms with E-state index in [9.17, 15) is 17.6 Å². The number of aliphatic carboxylic acids is 1. The zero-order valence-corrected chi connectivity index (χ0v) is 18.4. The van der Waals surface area contributed by atoms with E-state index >= 15 is 0 Å². The van der Waals surface area contributed by atoms with E-state index in [2.05, 4.69) is 20.7 Å². The van der Waals surface area contributed by atoms with E-state index in [0.717, 1.165) is 30.2 Å². The maximum atomic E-state index is 13.3. The molecule has 0 aliphatic rings. The summed E-state index contributed by atoms with van der Waals surface area (Å²) in [7, 11) is -3.73. The lowest BCUT2D eigenvalue weighted by Crippen LogP contribution is -2.28. The standard InChI is InChI=1S/C21H25BrFNO4S/c22-17-10-14-19(15-11-17)29(27,28)24-20(16-8-12-18(23)13-9-16)6-4-2-1-3-5-7-21(25)26/h8-15,20,24H,1-7H2,(H,25,26). The molecule has 0 spiro atoms. The molecule has 158 valence electrons. The summed E-state index contributed by atoms with van der Waals surface area (Å²) < 4.78 is 42.4. The van der Waals surface area contributed by atoms with E-state index in [1.54, 1.807) is 24.3 Å². The van der Waals surface area contributed by atoms with Gasteiger partial charge in [0.05, 0.1) is 4.90 Å². The van der Waals surface area contributed by atoms with Crippen LogP contribution in [0.5, 0.6) is 0 Å². The van der Waals surface area contributed by atoms with Crippen LogP contribution in [0.25, 0.3) is 0 Å². The highest BCUT2D eigenvalue weighted by Gasteiger charge is 2.21. The first-order valence-electron chi connectivity index (χ1n) is 9.53. The predicted molar refractivity (Wildman–Crippen MR) is 114 cm³/mol. The van der Waals surface area contributed by atoms with Crippen molar-refractivity contribution in [3.63, 3.8) is 0 Å². The second kappa shape index (κ2) is 11.4. The van der Waals surface area contributed by atoms with Gasteiger partial charge < -0.3 is 5.11 Å². The van der Waals surface area contributed by atoms with Crippen LogP contribution in [-0.2, 0) is 14.8 Å². The molecule has 5 nitrogen and oxygen atoms in total. The lowest BCUT2D eigenvalue weighted by molar-refractivity contribution is -0.137. The monoisotopic (exact) mass is 485 g/mol. The van der Waals surface area contributed by atoms with Gasteiger partial charge in [0.15, 0.2) is 0 Å². The first-order chi connectivity index (χ1) is 13.8. The van der Waals surface area contributed by atoms with Gasteiger partial charge in [0.25, 0.3) is 0 Å². The summed E-state index contributed by atoms with van der Waals surface area (Å²) in [6.45, 7) is 0. The molecule has 0 fully saturated rings. The zero-order valence-electron chi connectivity index (χ0n) is 16.0. The van der Waals surface area contributed by atoms with E-state index in [-0.39, 0.29) is 17.1 Å². The Hall–Kier alpha value is -1.77. The SMILES string of the molecule is O=C(O)CCCCCCCC(NS(=O)(=O)c1ccc(Br)cc1)c1ccc(F)cc1. The van der Waals surface area contributed by atoms with Gasteiger partial charge in [-0.05, 0) is 54.8 Å². The van der Waals surface area contributed by atoms with Gasteiger partial charge in [-0.1, -0.05) is 53.7 Å². The molecule has 0 amide bonds. The number of rotatable bonds is 12. The second-order valence-electron chi connectivity index (χ2n) is 6.88. The van der Waals surface area contributed by atoms with E-state index in [4.69, 9.17) is 5.11 Å². The van der Waals surface area contributed by atoms with Crippen molar-refractivity contribution in [3.05, 3.63) is 64.4 Å². The summed E-state index contributed by atoms with van der Waals surface area (Å²) >= 11 is 3.29. The van der Waals surface area contributed by atoms with Crippen LogP contribution in [0.1, 0.15) is 56.6 Å². The van der Waals surface area contributed by atoms with Gasteiger partial charge in [0.1, 0.15) is 5.82 Å². The number of carboxylic acid groups (broad SMARTS) is 1. The molecule has 29 heavy (non-hydrogen) atoms. The maximum absolute atomic E-state index is 13.3. The average molecular weight is 486 g/mol. The molecule has 2 aromatic rings. The quantitative estimate of drug-likeness (QED) is 0.393. The van der Waals surface area contributed by atoms with Gasteiger partial charge in [-0.3, -0.25) is 4.79 Å². The maximum Gasteiger partial charge on any atom is 0.303 e. The molecule has 0 saturated heterocycles. The highest BCUT2D eigenvalue weighted by atomic mass is 79.9. The van der Waals surface area contributed by atoms with E-state index in [1.165, 1.54) is 24.3 Å². The molecule has 0 aliphatic carbocycles.